The molecule has 4 nitrogen and oxygen atoms in total. The van der Waals surface area contributed by atoms with Crippen molar-refractivity contribution in [3.8, 4) is 0 Å². The molecule has 134 valence electrons. The Kier molecular flexibility index (Phi) is 4.78. The Morgan fingerprint density at radius 3 is 2.48 bits per heavy atom. The smallest absolute Gasteiger partial charge is 0.225 e. The van der Waals surface area contributed by atoms with Gasteiger partial charge in [-0.15, -0.1) is 0 Å². The lowest BCUT2D eigenvalue weighted by molar-refractivity contribution is -0.137. The minimum absolute atomic E-state index is 0.0338. The molecule has 0 spiro atoms. The van der Waals surface area contributed by atoms with Gasteiger partial charge in [-0.1, -0.05) is 30.3 Å². The molecule has 1 aromatic rings. The first-order valence-corrected chi connectivity index (χ1v) is 9.84. The summed E-state index contributed by atoms with van der Waals surface area (Å²) in [6.07, 6.45) is 7.27. The van der Waals surface area contributed by atoms with E-state index in [2.05, 4.69) is 29.6 Å². The van der Waals surface area contributed by atoms with Gasteiger partial charge in [0, 0.05) is 25.0 Å². The SMILES string of the molecule is O=C(N[C@H](Cc1ccccc1)C1CC1)[C@@H]1CCCN(C(=O)C2CC2)C1. The number of hydrogen-bond donors (Lipinski definition) is 1. The number of nitrogens with zero attached hydrogens (tertiary/aromatic N) is 1. The Morgan fingerprint density at radius 1 is 1.04 bits per heavy atom. The van der Waals surface area contributed by atoms with E-state index < -0.39 is 0 Å². The summed E-state index contributed by atoms with van der Waals surface area (Å²) in [5.74, 6) is 1.27. The highest BCUT2D eigenvalue weighted by molar-refractivity contribution is 5.83. The van der Waals surface area contributed by atoms with Crippen LogP contribution in [0.4, 0.5) is 0 Å². The number of nitrogens with one attached hydrogen (secondary N) is 1. The predicted octanol–water partition coefficient (Wildman–Crippen LogP) is 2.77. The molecule has 1 heterocycles. The number of rotatable bonds is 6. The van der Waals surface area contributed by atoms with Crippen LogP contribution in [0.5, 0.6) is 0 Å². The Balaban J connectivity index is 1.35. The number of likely N-dealkylation sites (tertiary alicyclic amines) is 1. The van der Waals surface area contributed by atoms with Gasteiger partial charge in [0.15, 0.2) is 0 Å². The lowest BCUT2D eigenvalue weighted by Gasteiger charge is -2.33. The van der Waals surface area contributed by atoms with E-state index in [-0.39, 0.29) is 29.7 Å². The van der Waals surface area contributed by atoms with E-state index >= 15 is 0 Å². The highest BCUT2D eigenvalue weighted by Gasteiger charge is 2.38. The highest BCUT2D eigenvalue weighted by Crippen LogP contribution is 2.35. The van der Waals surface area contributed by atoms with Crippen molar-refractivity contribution in [3.05, 3.63) is 35.9 Å². The van der Waals surface area contributed by atoms with Gasteiger partial charge in [-0.2, -0.15) is 0 Å². The lowest BCUT2D eigenvalue weighted by atomic mass is 9.95. The van der Waals surface area contributed by atoms with E-state index in [0.29, 0.717) is 12.5 Å². The first-order chi connectivity index (χ1) is 12.2. The van der Waals surface area contributed by atoms with Crippen molar-refractivity contribution in [1.82, 2.24) is 10.2 Å². The predicted molar refractivity (Wildman–Crippen MR) is 96.8 cm³/mol. The zero-order valence-corrected chi connectivity index (χ0v) is 14.8. The number of hydrogen-bond acceptors (Lipinski definition) is 2. The van der Waals surface area contributed by atoms with Crippen molar-refractivity contribution in [2.24, 2.45) is 17.8 Å². The maximum atomic E-state index is 12.8. The topological polar surface area (TPSA) is 49.4 Å². The van der Waals surface area contributed by atoms with Gasteiger partial charge in [-0.25, -0.2) is 0 Å². The lowest BCUT2D eigenvalue weighted by Crippen LogP contribution is -2.48. The standard InChI is InChI=1S/C21H28N2O2/c24-20(18-7-4-12-23(14-18)21(25)17-10-11-17)22-19(16-8-9-16)13-15-5-2-1-3-6-15/h1-3,5-6,16-19H,4,7-14H2,(H,22,24)/t18-,19-/m1/s1. The highest BCUT2D eigenvalue weighted by atomic mass is 16.2. The van der Waals surface area contributed by atoms with Crippen LogP contribution >= 0.6 is 0 Å². The molecule has 4 heteroatoms. The van der Waals surface area contributed by atoms with Gasteiger partial charge in [0.05, 0.1) is 5.92 Å². The summed E-state index contributed by atoms with van der Waals surface area (Å²) in [5.41, 5.74) is 1.29. The summed E-state index contributed by atoms with van der Waals surface area (Å²) in [4.78, 5) is 27.1. The second-order valence-corrected chi connectivity index (χ2v) is 8.04. The molecular formula is C21H28N2O2. The molecule has 2 atom stereocenters. The quantitative estimate of drug-likeness (QED) is 0.866. The zero-order chi connectivity index (χ0) is 17.2. The van der Waals surface area contributed by atoms with Gasteiger partial charge in [0.2, 0.25) is 11.8 Å². The van der Waals surface area contributed by atoms with Crippen LogP contribution in [0.15, 0.2) is 30.3 Å². The molecule has 2 saturated carbocycles. The van der Waals surface area contributed by atoms with Crippen LogP contribution in [-0.4, -0.2) is 35.8 Å². The van der Waals surface area contributed by atoms with Crippen molar-refractivity contribution < 1.29 is 9.59 Å². The van der Waals surface area contributed by atoms with Gasteiger partial charge < -0.3 is 10.2 Å². The number of piperidine rings is 1. The average Bonchev–Trinajstić information content (AvgIpc) is 3.54. The maximum Gasteiger partial charge on any atom is 0.225 e. The molecule has 0 radical (unpaired) electrons. The number of carbonyl (C=O) groups is 2. The van der Waals surface area contributed by atoms with Crippen molar-refractivity contribution >= 4 is 11.8 Å². The van der Waals surface area contributed by atoms with Gasteiger partial charge in [0.1, 0.15) is 0 Å². The number of carbonyl (C=O) groups excluding carboxylic acids is 2. The monoisotopic (exact) mass is 340 g/mol. The summed E-state index contributed by atoms with van der Waals surface area (Å²) < 4.78 is 0. The van der Waals surface area contributed by atoms with Crippen molar-refractivity contribution in [2.75, 3.05) is 13.1 Å². The number of benzene rings is 1. The van der Waals surface area contributed by atoms with Crippen LogP contribution < -0.4 is 5.32 Å². The minimum Gasteiger partial charge on any atom is -0.352 e. The van der Waals surface area contributed by atoms with Crippen LogP contribution in [0, 0.1) is 17.8 Å². The summed E-state index contributed by atoms with van der Waals surface area (Å²) in [7, 11) is 0. The zero-order valence-electron chi connectivity index (χ0n) is 14.8. The average molecular weight is 340 g/mol. The van der Waals surface area contributed by atoms with E-state index in [9.17, 15) is 9.59 Å². The molecule has 2 aliphatic carbocycles. The molecule has 1 aromatic carbocycles. The summed E-state index contributed by atoms with van der Waals surface area (Å²) in [5, 5.41) is 3.32. The third-order valence-electron chi connectivity index (χ3n) is 5.85. The Bertz CT molecular complexity index is 622. The Morgan fingerprint density at radius 2 is 1.80 bits per heavy atom. The Hall–Kier alpha value is -1.84. The van der Waals surface area contributed by atoms with Gasteiger partial charge >= 0.3 is 0 Å². The fraction of sp³-hybridized carbons (Fsp3) is 0.619. The summed E-state index contributed by atoms with van der Waals surface area (Å²) in [6, 6.07) is 10.7. The molecule has 2 amide bonds. The van der Waals surface area contributed by atoms with Crippen LogP contribution in [0.25, 0.3) is 0 Å². The van der Waals surface area contributed by atoms with Crippen LogP contribution in [-0.2, 0) is 16.0 Å². The largest absolute Gasteiger partial charge is 0.352 e. The van der Waals surface area contributed by atoms with E-state index in [0.717, 1.165) is 38.6 Å². The molecule has 1 aliphatic heterocycles. The molecule has 1 N–H and O–H groups in total. The maximum absolute atomic E-state index is 12.8. The molecular weight excluding hydrogens is 312 g/mol. The van der Waals surface area contributed by atoms with Crippen LogP contribution in [0.3, 0.4) is 0 Å². The number of amides is 2. The van der Waals surface area contributed by atoms with Crippen molar-refractivity contribution in [2.45, 2.75) is 51.0 Å². The third-order valence-corrected chi connectivity index (χ3v) is 5.85. The summed E-state index contributed by atoms with van der Waals surface area (Å²) in [6.45, 7) is 1.44. The second-order valence-electron chi connectivity index (χ2n) is 8.04. The van der Waals surface area contributed by atoms with Crippen LogP contribution in [0.1, 0.15) is 44.1 Å². The minimum atomic E-state index is -0.0338. The molecule has 1 saturated heterocycles. The second kappa shape index (κ2) is 7.19. The molecule has 3 fully saturated rings. The third kappa shape index (κ3) is 4.23. The normalized spacial score (nSPS) is 24.6. The molecule has 0 aromatic heterocycles. The van der Waals surface area contributed by atoms with E-state index in [1.54, 1.807) is 0 Å². The first-order valence-electron chi connectivity index (χ1n) is 9.84. The summed E-state index contributed by atoms with van der Waals surface area (Å²) >= 11 is 0. The van der Waals surface area contributed by atoms with Gasteiger partial charge in [-0.3, -0.25) is 9.59 Å². The first kappa shape index (κ1) is 16.6. The molecule has 25 heavy (non-hydrogen) atoms. The van der Waals surface area contributed by atoms with Gasteiger partial charge in [0.25, 0.3) is 0 Å². The molecule has 0 unspecified atom stereocenters. The molecule has 3 aliphatic rings. The van der Waals surface area contributed by atoms with Crippen LogP contribution in [0.2, 0.25) is 0 Å². The molecule has 0 bridgehead atoms. The van der Waals surface area contributed by atoms with E-state index in [1.807, 2.05) is 11.0 Å². The van der Waals surface area contributed by atoms with E-state index in [4.69, 9.17) is 0 Å². The van der Waals surface area contributed by atoms with Crippen molar-refractivity contribution in [3.63, 3.8) is 0 Å². The van der Waals surface area contributed by atoms with E-state index in [1.165, 1.54) is 18.4 Å². The van der Waals surface area contributed by atoms with Crippen molar-refractivity contribution in [1.29, 1.82) is 0 Å². The Labute approximate surface area is 150 Å². The fourth-order valence-corrected chi connectivity index (χ4v) is 3.98. The van der Waals surface area contributed by atoms with Gasteiger partial charge in [-0.05, 0) is 56.4 Å². The fourth-order valence-electron chi connectivity index (χ4n) is 3.98. The molecule has 4 rings (SSSR count).